The minimum absolute atomic E-state index is 0.0456. The van der Waals surface area contributed by atoms with Gasteiger partial charge in [-0.1, -0.05) is 49.4 Å². The molecule has 1 aliphatic heterocycles. The molecule has 0 aliphatic carbocycles. The number of hydrogen-bond donors (Lipinski definition) is 2. The smallest absolute Gasteiger partial charge is 0.257 e. The lowest BCUT2D eigenvalue weighted by Crippen LogP contribution is -2.24. The molecular formula is C25H27N5O3S. The topological polar surface area (TPSA) is 104 Å². The lowest BCUT2D eigenvalue weighted by atomic mass is 10.0. The number of nitrogens with one attached hydrogen (secondary N) is 2. The molecule has 0 bridgehead atoms. The fourth-order valence-electron chi connectivity index (χ4n) is 3.99. The van der Waals surface area contributed by atoms with Gasteiger partial charge in [-0.25, -0.2) is 0 Å². The molecule has 2 heterocycles. The van der Waals surface area contributed by atoms with Crippen LogP contribution in [0, 0.1) is 5.92 Å². The summed E-state index contributed by atoms with van der Waals surface area (Å²) in [5, 5.41) is 15.1. The highest BCUT2D eigenvalue weighted by atomic mass is 32.1. The number of amides is 3. The van der Waals surface area contributed by atoms with Crippen LogP contribution in [0.1, 0.15) is 54.4 Å². The van der Waals surface area contributed by atoms with Crippen molar-refractivity contribution in [1.82, 2.24) is 10.2 Å². The zero-order valence-corrected chi connectivity index (χ0v) is 20.0. The van der Waals surface area contributed by atoms with Gasteiger partial charge in [-0.2, -0.15) is 0 Å². The first-order valence-electron chi connectivity index (χ1n) is 11.4. The Labute approximate surface area is 202 Å². The summed E-state index contributed by atoms with van der Waals surface area (Å²) < 4.78 is 0. The van der Waals surface area contributed by atoms with E-state index in [1.54, 1.807) is 29.2 Å². The molecule has 3 amide bonds. The molecule has 9 heteroatoms. The lowest BCUT2D eigenvalue weighted by Gasteiger charge is -2.15. The Morgan fingerprint density at radius 1 is 1.06 bits per heavy atom. The largest absolute Gasteiger partial charge is 0.326 e. The van der Waals surface area contributed by atoms with E-state index in [4.69, 9.17) is 0 Å². The van der Waals surface area contributed by atoms with E-state index in [2.05, 4.69) is 20.8 Å². The average Bonchev–Trinajstić information content (AvgIpc) is 3.47. The number of carbonyl (C=O) groups excluding carboxylic acids is 3. The van der Waals surface area contributed by atoms with E-state index in [-0.39, 0.29) is 29.6 Å². The quantitative estimate of drug-likeness (QED) is 0.490. The van der Waals surface area contributed by atoms with Crippen LogP contribution in [0.15, 0.2) is 54.6 Å². The third-order valence-electron chi connectivity index (χ3n) is 5.95. The summed E-state index contributed by atoms with van der Waals surface area (Å²) in [6.07, 6.45) is 1.88. The maximum atomic E-state index is 12.8. The normalized spacial score (nSPS) is 15.6. The van der Waals surface area contributed by atoms with Crippen LogP contribution in [0.3, 0.4) is 0 Å². The molecule has 2 N–H and O–H groups in total. The summed E-state index contributed by atoms with van der Waals surface area (Å²) in [7, 11) is 0. The van der Waals surface area contributed by atoms with Crippen LogP contribution < -0.4 is 15.5 Å². The Bertz CT molecular complexity index is 1180. The Hall–Kier alpha value is -3.59. The standard InChI is InChI=1S/C25H27N5O3S/c1-3-16(4-2)22(32)26-19-10-8-9-17(13-19)23(33)27-25-29-28-24(34-25)18-14-21(31)30(15-18)20-11-6-5-7-12-20/h5-13,16,18H,3-4,14-15H2,1-2H3,(H,26,32)(H,27,29,33). The molecule has 0 saturated carbocycles. The third-order valence-corrected chi connectivity index (χ3v) is 6.95. The first-order valence-corrected chi connectivity index (χ1v) is 12.2. The first-order chi connectivity index (χ1) is 16.5. The summed E-state index contributed by atoms with van der Waals surface area (Å²) in [5.41, 5.74) is 1.85. The number of carbonyl (C=O) groups is 3. The molecular weight excluding hydrogens is 450 g/mol. The summed E-state index contributed by atoms with van der Waals surface area (Å²) in [6, 6.07) is 16.4. The van der Waals surface area contributed by atoms with Crippen molar-refractivity contribution in [2.45, 2.75) is 39.0 Å². The van der Waals surface area contributed by atoms with E-state index in [1.165, 1.54) is 11.3 Å². The van der Waals surface area contributed by atoms with E-state index in [1.807, 2.05) is 44.2 Å². The minimum atomic E-state index is -0.338. The van der Waals surface area contributed by atoms with Gasteiger partial charge >= 0.3 is 0 Å². The molecule has 0 radical (unpaired) electrons. The second kappa shape index (κ2) is 10.6. The van der Waals surface area contributed by atoms with Crippen molar-refractivity contribution >= 4 is 45.6 Å². The van der Waals surface area contributed by atoms with E-state index >= 15 is 0 Å². The molecule has 34 heavy (non-hydrogen) atoms. The summed E-state index contributed by atoms with van der Waals surface area (Å²) in [6.45, 7) is 4.49. The van der Waals surface area contributed by atoms with Gasteiger partial charge in [0.2, 0.25) is 16.9 Å². The zero-order valence-electron chi connectivity index (χ0n) is 19.2. The van der Waals surface area contributed by atoms with Crippen LogP contribution >= 0.6 is 11.3 Å². The third kappa shape index (κ3) is 5.31. The number of nitrogens with zero attached hydrogens (tertiary/aromatic N) is 3. The maximum Gasteiger partial charge on any atom is 0.257 e. The van der Waals surface area contributed by atoms with Gasteiger partial charge in [0, 0.05) is 41.7 Å². The minimum Gasteiger partial charge on any atom is -0.326 e. The molecule has 1 fully saturated rings. The first kappa shape index (κ1) is 23.6. The molecule has 8 nitrogen and oxygen atoms in total. The van der Waals surface area contributed by atoms with Gasteiger partial charge in [0.25, 0.3) is 5.91 Å². The lowest BCUT2D eigenvalue weighted by molar-refractivity contribution is -0.120. The van der Waals surface area contributed by atoms with Crippen molar-refractivity contribution in [2.24, 2.45) is 5.92 Å². The highest BCUT2D eigenvalue weighted by molar-refractivity contribution is 7.15. The Morgan fingerprint density at radius 3 is 2.56 bits per heavy atom. The second-order valence-electron chi connectivity index (χ2n) is 8.22. The van der Waals surface area contributed by atoms with Crippen LogP contribution in [0.25, 0.3) is 0 Å². The SMILES string of the molecule is CCC(CC)C(=O)Nc1cccc(C(=O)Nc2nnc(C3CC(=O)N(c4ccccc4)C3)s2)c1. The molecule has 1 aromatic heterocycles. The number of benzene rings is 2. The number of rotatable bonds is 8. The Balaban J connectivity index is 1.39. The Kier molecular flexibility index (Phi) is 7.32. The monoisotopic (exact) mass is 477 g/mol. The fourth-order valence-corrected chi connectivity index (χ4v) is 4.82. The van der Waals surface area contributed by atoms with Gasteiger partial charge in [0.05, 0.1) is 0 Å². The van der Waals surface area contributed by atoms with E-state index < -0.39 is 0 Å². The molecule has 176 valence electrons. The van der Waals surface area contributed by atoms with Gasteiger partial charge in [0.15, 0.2) is 0 Å². The molecule has 3 aromatic rings. The van der Waals surface area contributed by atoms with Crippen LogP contribution in [-0.4, -0.2) is 34.5 Å². The van der Waals surface area contributed by atoms with Crippen LogP contribution in [0.2, 0.25) is 0 Å². The highest BCUT2D eigenvalue weighted by Crippen LogP contribution is 2.34. The predicted molar refractivity (Wildman–Crippen MR) is 133 cm³/mol. The molecule has 1 atom stereocenters. The van der Waals surface area contributed by atoms with Crippen LogP contribution in [0.5, 0.6) is 0 Å². The molecule has 4 rings (SSSR count). The highest BCUT2D eigenvalue weighted by Gasteiger charge is 2.34. The van der Waals surface area contributed by atoms with Crippen molar-refractivity contribution in [2.75, 3.05) is 22.1 Å². The van der Waals surface area contributed by atoms with Crippen molar-refractivity contribution in [3.63, 3.8) is 0 Å². The van der Waals surface area contributed by atoms with Gasteiger partial charge in [-0.05, 0) is 43.2 Å². The molecule has 1 saturated heterocycles. The van der Waals surface area contributed by atoms with Gasteiger partial charge < -0.3 is 10.2 Å². The number of para-hydroxylation sites is 1. The fraction of sp³-hybridized carbons (Fsp3) is 0.320. The van der Waals surface area contributed by atoms with Gasteiger partial charge in [0.1, 0.15) is 5.01 Å². The van der Waals surface area contributed by atoms with E-state index in [0.29, 0.717) is 34.4 Å². The number of anilines is 3. The average molecular weight is 478 g/mol. The predicted octanol–water partition coefficient (Wildman–Crippen LogP) is 4.69. The number of aromatic nitrogens is 2. The molecule has 2 aromatic carbocycles. The van der Waals surface area contributed by atoms with Crippen molar-refractivity contribution in [3.8, 4) is 0 Å². The van der Waals surface area contributed by atoms with Crippen molar-refractivity contribution < 1.29 is 14.4 Å². The van der Waals surface area contributed by atoms with Gasteiger partial charge in [-0.3, -0.25) is 19.7 Å². The summed E-state index contributed by atoms with van der Waals surface area (Å²) >= 11 is 1.27. The zero-order chi connectivity index (χ0) is 24.1. The van der Waals surface area contributed by atoms with Crippen LogP contribution in [0.4, 0.5) is 16.5 Å². The van der Waals surface area contributed by atoms with E-state index in [0.717, 1.165) is 18.5 Å². The van der Waals surface area contributed by atoms with Crippen molar-refractivity contribution in [3.05, 3.63) is 65.2 Å². The maximum absolute atomic E-state index is 12.8. The van der Waals surface area contributed by atoms with Crippen LogP contribution in [-0.2, 0) is 9.59 Å². The second-order valence-corrected chi connectivity index (χ2v) is 9.23. The van der Waals surface area contributed by atoms with Gasteiger partial charge in [-0.15, -0.1) is 10.2 Å². The molecule has 1 aliphatic rings. The van der Waals surface area contributed by atoms with E-state index in [9.17, 15) is 14.4 Å². The Morgan fingerprint density at radius 2 is 1.82 bits per heavy atom. The number of hydrogen-bond acceptors (Lipinski definition) is 6. The summed E-state index contributed by atoms with van der Waals surface area (Å²) in [4.78, 5) is 39.4. The molecule has 0 spiro atoms. The molecule has 1 unspecified atom stereocenters. The van der Waals surface area contributed by atoms with Crippen molar-refractivity contribution in [1.29, 1.82) is 0 Å². The summed E-state index contributed by atoms with van der Waals surface area (Å²) in [5.74, 6) is -0.469.